The lowest BCUT2D eigenvalue weighted by Gasteiger charge is -2.33. The third-order valence-corrected chi connectivity index (χ3v) is 4.82. The molecule has 0 radical (unpaired) electrons. The number of carbonyl (C=O) groups is 1. The smallest absolute Gasteiger partial charge is 0.266 e. The van der Waals surface area contributed by atoms with Crippen LogP contribution < -0.4 is 4.74 Å². The van der Waals surface area contributed by atoms with Gasteiger partial charge in [0.1, 0.15) is 0 Å². The Kier molecular flexibility index (Phi) is 4.21. The summed E-state index contributed by atoms with van der Waals surface area (Å²) in [5.41, 5.74) is -0.146. The molecule has 1 atom stereocenters. The number of nitrogens with zero attached hydrogens (tertiary/aromatic N) is 1. The standard InChI is InChI=1S/C21H23ClFNO2/c1-14-6-8-15(9-7-14)18-5-4-12-24(18)20(25)21(2,3)26-19-11-10-16(22)13-17(19)23/h6-11,13,18H,4-5,12H2,1-3H3/i1D3. The van der Waals surface area contributed by atoms with Gasteiger partial charge in [-0.25, -0.2) is 4.39 Å². The topological polar surface area (TPSA) is 29.5 Å². The number of likely N-dealkylation sites (tertiary alicyclic amines) is 1. The van der Waals surface area contributed by atoms with Crippen LogP contribution in [0.3, 0.4) is 0 Å². The molecule has 1 aliphatic heterocycles. The van der Waals surface area contributed by atoms with Gasteiger partial charge in [-0.2, -0.15) is 0 Å². The van der Waals surface area contributed by atoms with Gasteiger partial charge in [0.25, 0.3) is 5.91 Å². The molecule has 0 spiro atoms. The minimum Gasteiger partial charge on any atom is -0.475 e. The van der Waals surface area contributed by atoms with E-state index in [9.17, 15) is 9.18 Å². The molecular formula is C21H23ClFNO2. The Morgan fingerprint density at radius 2 is 2.04 bits per heavy atom. The lowest BCUT2D eigenvalue weighted by atomic mass is 10.0. The Hall–Kier alpha value is -2.07. The van der Waals surface area contributed by atoms with E-state index < -0.39 is 18.3 Å². The number of halogens is 2. The van der Waals surface area contributed by atoms with Crippen molar-refractivity contribution in [2.45, 2.75) is 45.2 Å². The predicted molar refractivity (Wildman–Crippen MR) is 101 cm³/mol. The first-order valence-corrected chi connectivity index (χ1v) is 8.92. The van der Waals surface area contributed by atoms with Crippen LogP contribution in [0.25, 0.3) is 0 Å². The van der Waals surface area contributed by atoms with Gasteiger partial charge in [0.05, 0.1) is 6.04 Å². The number of hydrogen-bond acceptors (Lipinski definition) is 2. The molecule has 3 nitrogen and oxygen atoms in total. The number of rotatable bonds is 4. The largest absolute Gasteiger partial charge is 0.475 e. The molecule has 26 heavy (non-hydrogen) atoms. The van der Waals surface area contributed by atoms with Gasteiger partial charge in [-0.15, -0.1) is 0 Å². The van der Waals surface area contributed by atoms with E-state index in [1.165, 1.54) is 12.1 Å². The molecule has 2 aromatic rings. The zero-order valence-corrected chi connectivity index (χ0v) is 15.5. The van der Waals surface area contributed by atoms with E-state index in [0.29, 0.717) is 6.54 Å². The summed E-state index contributed by atoms with van der Waals surface area (Å²) in [5.74, 6) is -0.920. The van der Waals surface area contributed by atoms with Crippen molar-refractivity contribution in [3.8, 4) is 5.75 Å². The van der Waals surface area contributed by atoms with Gasteiger partial charge in [0.15, 0.2) is 17.2 Å². The summed E-state index contributed by atoms with van der Waals surface area (Å²) in [6.45, 7) is 1.61. The minimum absolute atomic E-state index is 0.0365. The van der Waals surface area contributed by atoms with Gasteiger partial charge in [-0.3, -0.25) is 4.79 Å². The summed E-state index contributed by atoms with van der Waals surface area (Å²) >= 11 is 5.77. The predicted octanol–water partition coefficient (Wildman–Crippen LogP) is 5.31. The molecule has 138 valence electrons. The van der Waals surface area contributed by atoms with Crippen LogP contribution in [0.5, 0.6) is 5.75 Å². The third kappa shape index (κ3) is 3.85. The fraction of sp³-hybridized carbons (Fsp3) is 0.381. The highest BCUT2D eigenvalue weighted by atomic mass is 35.5. The summed E-state index contributed by atoms with van der Waals surface area (Å²) in [6, 6.07) is 10.5. The van der Waals surface area contributed by atoms with Crippen molar-refractivity contribution in [1.82, 2.24) is 4.90 Å². The van der Waals surface area contributed by atoms with E-state index >= 15 is 0 Å². The van der Waals surface area contributed by atoms with Crippen LogP contribution in [-0.2, 0) is 4.79 Å². The molecule has 3 rings (SSSR count). The molecule has 0 aromatic heterocycles. The molecule has 1 saturated heterocycles. The summed E-state index contributed by atoms with van der Waals surface area (Å²) in [7, 11) is 0. The summed E-state index contributed by atoms with van der Waals surface area (Å²) in [5, 5.41) is 0.249. The number of benzene rings is 2. The fourth-order valence-electron chi connectivity index (χ4n) is 3.28. The van der Waals surface area contributed by atoms with Crippen LogP contribution in [0.1, 0.15) is 48.0 Å². The van der Waals surface area contributed by atoms with E-state index in [2.05, 4.69) is 0 Å². The van der Waals surface area contributed by atoms with Crippen LogP contribution in [0.4, 0.5) is 4.39 Å². The maximum absolute atomic E-state index is 14.1. The molecule has 1 amide bonds. The second-order valence-corrected chi connectivity index (χ2v) is 7.40. The first-order valence-electron chi connectivity index (χ1n) is 10.0. The average Bonchev–Trinajstić information content (AvgIpc) is 3.12. The molecule has 1 aliphatic rings. The Balaban J connectivity index is 1.79. The zero-order chi connectivity index (χ0) is 21.4. The monoisotopic (exact) mass is 378 g/mol. The van der Waals surface area contributed by atoms with Crippen LogP contribution >= 0.6 is 11.6 Å². The van der Waals surface area contributed by atoms with Crippen LogP contribution in [0, 0.1) is 12.7 Å². The van der Waals surface area contributed by atoms with Crippen molar-refractivity contribution in [3.63, 3.8) is 0 Å². The second-order valence-electron chi connectivity index (χ2n) is 6.97. The number of hydrogen-bond donors (Lipinski definition) is 0. The molecule has 1 fully saturated rings. The van der Waals surface area contributed by atoms with Gasteiger partial charge in [-0.1, -0.05) is 41.4 Å². The Bertz CT molecular complexity index is 900. The summed E-state index contributed by atoms with van der Waals surface area (Å²) in [6.07, 6.45) is 1.59. The van der Waals surface area contributed by atoms with Gasteiger partial charge in [-0.05, 0) is 57.3 Å². The maximum Gasteiger partial charge on any atom is 0.266 e. The van der Waals surface area contributed by atoms with Crippen molar-refractivity contribution in [1.29, 1.82) is 0 Å². The number of amides is 1. The molecule has 0 N–H and O–H groups in total. The number of ether oxygens (including phenoxy) is 1. The van der Waals surface area contributed by atoms with Crippen molar-refractivity contribution < 1.29 is 18.0 Å². The first-order chi connectivity index (χ1) is 13.5. The SMILES string of the molecule is [2H]C([2H])([2H])c1ccc(C2CCCN2C(=O)C(C)(C)Oc2ccc(Cl)cc2F)cc1. The summed E-state index contributed by atoms with van der Waals surface area (Å²) in [4.78, 5) is 14.9. The van der Waals surface area contributed by atoms with Crippen LogP contribution in [0.15, 0.2) is 42.5 Å². The van der Waals surface area contributed by atoms with Gasteiger partial charge >= 0.3 is 0 Å². The molecule has 1 heterocycles. The molecule has 0 bridgehead atoms. The van der Waals surface area contributed by atoms with Gasteiger partial charge in [0.2, 0.25) is 0 Å². The van der Waals surface area contributed by atoms with Crippen molar-refractivity contribution >= 4 is 17.5 Å². The van der Waals surface area contributed by atoms with E-state index in [1.807, 2.05) is 0 Å². The lowest BCUT2D eigenvalue weighted by molar-refractivity contribution is -0.146. The lowest BCUT2D eigenvalue weighted by Crippen LogP contribution is -2.48. The van der Waals surface area contributed by atoms with E-state index in [0.717, 1.165) is 24.5 Å². The minimum atomic E-state index is -2.16. The molecule has 5 heteroatoms. The fourth-order valence-corrected chi connectivity index (χ4v) is 3.44. The normalized spacial score (nSPS) is 19.6. The third-order valence-electron chi connectivity index (χ3n) is 4.58. The number of aryl methyl sites for hydroxylation is 1. The quantitative estimate of drug-likeness (QED) is 0.721. The first kappa shape index (κ1) is 15.0. The summed E-state index contributed by atoms with van der Waals surface area (Å²) < 4.78 is 42.3. The zero-order valence-electron chi connectivity index (χ0n) is 17.8. The maximum atomic E-state index is 14.1. The molecular weight excluding hydrogens is 353 g/mol. The van der Waals surface area contributed by atoms with Crippen LogP contribution in [-0.4, -0.2) is 23.0 Å². The average molecular weight is 379 g/mol. The second kappa shape index (κ2) is 7.28. The Morgan fingerprint density at radius 3 is 2.69 bits per heavy atom. The van der Waals surface area contributed by atoms with E-state index in [4.69, 9.17) is 20.5 Å². The Labute approximate surface area is 162 Å². The van der Waals surface area contributed by atoms with Crippen molar-refractivity contribution in [2.24, 2.45) is 0 Å². The van der Waals surface area contributed by atoms with Crippen LogP contribution in [0.2, 0.25) is 5.02 Å². The number of carbonyl (C=O) groups excluding carboxylic acids is 1. The Morgan fingerprint density at radius 1 is 1.31 bits per heavy atom. The van der Waals surface area contributed by atoms with Crippen molar-refractivity contribution in [2.75, 3.05) is 6.54 Å². The van der Waals surface area contributed by atoms with Gasteiger partial charge < -0.3 is 9.64 Å². The highest BCUT2D eigenvalue weighted by Gasteiger charge is 2.40. The van der Waals surface area contributed by atoms with E-state index in [1.54, 1.807) is 43.0 Å². The molecule has 1 unspecified atom stereocenters. The highest BCUT2D eigenvalue weighted by Crippen LogP contribution is 2.35. The molecule has 0 saturated carbocycles. The van der Waals surface area contributed by atoms with E-state index in [-0.39, 0.29) is 28.3 Å². The van der Waals surface area contributed by atoms with Gasteiger partial charge in [0, 0.05) is 15.7 Å². The highest BCUT2D eigenvalue weighted by molar-refractivity contribution is 6.30. The van der Waals surface area contributed by atoms with Crippen molar-refractivity contribution in [3.05, 3.63) is 64.4 Å². The molecule has 2 aromatic carbocycles. The molecule has 0 aliphatic carbocycles.